The number of benzene rings is 2. The van der Waals surface area contributed by atoms with E-state index in [1.54, 1.807) is 11.8 Å². The highest BCUT2D eigenvalue weighted by atomic mass is 16.5. The molecule has 0 fully saturated rings. The Balaban J connectivity index is 1.59. The van der Waals surface area contributed by atoms with E-state index < -0.39 is 5.97 Å². The molecular formula is C19H17N3O3. The van der Waals surface area contributed by atoms with Crippen molar-refractivity contribution in [1.29, 1.82) is 0 Å². The average Bonchev–Trinajstić information content (AvgIpc) is 3.11. The highest BCUT2D eigenvalue weighted by Gasteiger charge is 2.24. The maximum absolute atomic E-state index is 12.4. The molecule has 0 bridgehead atoms. The molecule has 25 heavy (non-hydrogen) atoms. The molecule has 2 heterocycles. The summed E-state index contributed by atoms with van der Waals surface area (Å²) in [5.41, 5.74) is 3.35. The molecule has 0 amide bonds. The molecular weight excluding hydrogens is 318 g/mol. The zero-order chi connectivity index (χ0) is 17.2. The van der Waals surface area contributed by atoms with E-state index >= 15 is 0 Å². The molecule has 1 aromatic heterocycles. The van der Waals surface area contributed by atoms with Gasteiger partial charge in [-0.3, -0.25) is 0 Å². The Morgan fingerprint density at radius 2 is 2.08 bits per heavy atom. The van der Waals surface area contributed by atoms with Gasteiger partial charge in [-0.05, 0) is 17.2 Å². The number of carbonyl (C=O) groups excluding carboxylic acids is 1. The van der Waals surface area contributed by atoms with E-state index in [0.29, 0.717) is 17.9 Å². The summed E-state index contributed by atoms with van der Waals surface area (Å²) in [6.45, 7) is 0.846. The SMILES string of the molecule is COc1ccc2c(c1)-n1ncc(C(=O)OCc3ccccc3)c1NC2. The van der Waals surface area contributed by atoms with Crippen LogP contribution in [0.5, 0.6) is 5.75 Å². The molecule has 6 heteroatoms. The summed E-state index contributed by atoms with van der Waals surface area (Å²) >= 11 is 0. The molecule has 0 aliphatic carbocycles. The van der Waals surface area contributed by atoms with Gasteiger partial charge in [-0.25, -0.2) is 9.48 Å². The van der Waals surface area contributed by atoms with E-state index in [1.165, 1.54) is 6.20 Å². The molecule has 6 nitrogen and oxygen atoms in total. The van der Waals surface area contributed by atoms with Gasteiger partial charge >= 0.3 is 5.97 Å². The van der Waals surface area contributed by atoms with E-state index in [1.807, 2.05) is 48.5 Å². The monoisotopic (exact) mass is 335 g/mol. The Morgan fingerprint density at radius 1 is 1.24 bits per heavy atom. The second-order valence-corrected chi connectivity index (χ2v) is 5.73. The zero-order valence-corrected chi connectivity index (χ0v) is 13.7. The molecule has 2 aromatic carbocycles. The van der Waals surface area contributed by atoms with E-state index in [2.05, 4.69) is 10.4 Å². The third kappa shape index (κ3) is 2.82. The molecule has 1 aliphatic rings. The number of esters is 1. The number of nitrogens with zero attached hydrogens (tertiary/aromatic N) is 2. The van der Waals surface area contributed by atoms with Crippen LogP contribution in [-0.2, 0) is 17.9 Å². The van der Waals surface area contributed by atoms with Gasteiger partial charge in [0, 0.05) is 12.6 Å². The van der Waals surface area contributed by atoms with Gasteiger partial charge < -0.3 is 14.8 Å². The maximum Gasteiger partial charge on any atom is 0.343 e. The van der Waals surface area contributed by atoms with Crippen molar-refractivity contribution in [3.8, 4) is 11.4 Å². The summed E-state index contributed by atoms with van der Waals surface area (Å²) in [5.74, 6) is 0.984. The van der Waals surface area contributed by atoms with E-state index in [0.717, 1.165) is 22.6 Å². The number of nitrogens with one attached hydrogen (secondary N) is 1. The van der Waals surface area contributed by atoms with Crippen LogP contribution >= 0.6 is 0 Å². The predicted octanol–water partition coefficient (Wildman–Crippen LogP) is 3.16. The molecule has 0 saturated heterocycles. The number of carbonyl (C=O) groups is 1. The lowest BCUT2D eigenvalue weighted by Gasteiger charge is -2.21. The number of methoxy groups -OCH3 is 1. The van der Waals surface area contributed by atoms with Crippen LogP contribution in [0.1, 0.15) is 21.5 Å². The van der Waals surface area contributed by atoms with E-state index in [4.69, 9.17) is 9.47 Å². The Kier molecular flexibility index (Phi) is 3.85. The lowest BCUT2D eigenvalue weighted by molar-refractivity contribution is 0.0474. The summed E-state index contributed by atoms with van der Waals surface area (Å²) in [5, 5.41) is 7.59. The fourth-order valence-electron chi connectivity index (χ4n) is 2.85. The Hall–Kier alpha value is -3.28. The minimum absolute atomic E-state index is 0.231. The van der Waals surface area contributed by atoms with Crippen molar-refractivity contribution in [3.63, 3.8) is 0 Å². The summed E-state index contributed by atoms with van der Waals surface area (Å²) in [6, 6.07) is 15.4. The van der Waals surface area contributed by atoms with Crippen LogP contribution in [0.4, 0.5) is 5.82 Å². The highest BCUT2D eigenvalue weighted by molar-refractivity contribution is 5.95. The Bertz CT molecular complexity index is 919. The summed E-state index contributed by atoms with van der Waals surface area (Å²) in [6.07, 6.45) is 1.53. The molecule has 1 aliphatic heterocycles. The van der Waals surface area contributed by atoms with Gasteiger partial charge in [0.25, 0.3) is 0 Å². The van der Waals surface area contributed by atoms with Gasteiger partial charge in [-0.15, -0.1) is 0 Å². The number of aromatic nitrogens is 2. The third-order valence-electron chi connectivity index (χ3n) is 4.17. The average molecular weight is 335 g/mol. The van der Waals surface area contributed by atoms with Crippen molar-refractivity contribution in [1.82, 2.24) is 9.78 Å². The summed E-state index contributed by atoms with van der Waals surface area (Å²) < 4.78 is 12.4. The van der Waals surface area contributed by atoms with Crippen molar-refractivity contribution in [3.05, 3.63) is 71.4 Å². The molecule has 4 rings (SSSR count). The first kappa shape index (κ1) is 15.3. The first-order valence-electron chi connectivity index (χ1n) is 7.96. The number of fused-ring (bicyclic) bond motifs is 3. The van der Waals surface area contributed by atoms with Crippen LogP contribution in [0.2, 0.25) is 0 Å². The fraction of sp³-hybridized carbons (Fsp3) is 0.158. The largest absolute Gasteiger partial charge is 0.497 e. The topological polar surface area (TPSA) is 65.4 Å². The number of anilines is 1. The van der Waals surface area contributed by atoms with Gasteiger partial charge in [-0.2, -0.15) is 5.10 Å². The lowest BCUT2D eigenvalue weighted by atomic mass is 10.1. The smallest absolute Gasteiger partial charge is 0.343 e. The lowest BCUT2D eigenvalue weighted by Crippen LogP contribution is -2.18. The molecule has 0 spiro atoms. The second kappa shape index (κ2) is 6.32. The molecule has 1 N–H and O–H groups in total. The normalized spacial score (nSPS) is 11.9. The zero-order valence-electron chi connectivity index (χ0n) is 13.7. The van der Waals surface area contributed by atoms with Crippen LogP contribution in [0.25, 0.3) is 5.69 Å². The second-order valence-electron chi connectivity index (χ2n) is 5.73. The van der Waals surface area contributed by atoms with E-state index in [9.17, 15) is 4.79 Å². The van der Waals surface area contributed by atoms with Gasteiger partial charge in [0.05, 0.1) is 19.0 Å². The number of hydrogen-bond acceptors (Lipinski definition) is 5. The van der Waals surface area contributed by atoms with Crippen LogP contribution in [-0.4, -0.2) is 22.9 Å². The van der Waals surface area contributed by atoms with Crippen molar-refractivity contribution in [2.75, 3.05) is 12.4 Å². The minimum Gasteiger partial charge on any atom is -0.497 e. The van der Waals surface area contributed by atoms with Crippen LogP contribution in [0.15, 0.2) is 54.7 Å². The number of ether oxygens (including phenoxy) is 2. The third-order valence-corrected chi connectivity index (χ3v) is 4.17. The molecule has 0 saturated carbocycles. The first-order valence-corrected chi connectivity index (χ1v) is 7.96. The van der Waals surface area contributed by atoms with Crippen molar-refractivity contribution >= 4 is 11.8 Å². The number of rotatable bonds is 4. The summed E-state index contributed by atoms with van der Waals surface area (Å²) in [4.78, 5) is 12.4. The van der Waals surface area contributed by atoms with Crippen molar-refractivity contribution in [2.45, 2.75) is 13.2 Å². The van der Waals surface area contributed by atoms with Crippen LogP contribution in [0.3, 0.4) is 0 Å². The minimum atomic E-state index is -0.399. The van der Waals surface area contributed by atoms with Gasteiger partial charge in [0.15, 0.2) is 0 Å². The fourth-order valence-corrected chi connectivity index (χ4v) is 2.85. The van der Waals surface area contributed by atoms with Gasteiger partial charge in [0.2, 0.25) is 0 Å². The van der Waals surface area contributed by atoms with Gasteiger partial charge in [-0.1, -0.05) is 36.4 Å². The molecule has 3 aromatic rings. The van der Waals surface area contributed by atoms with Crippen molar-refractivity contribution < 1.29 is 14.3 Å². The maximum atomic E-state index is 12.4. The number of hydrogen-bond donors (Lipinski definition) is 1. The van der Waals surface area contributed by atoms with Crippen LogP contribution in [0, 0.1) is 0 Å². The highest BCUT2D eigenvalue weighted by Crippen LogP contribution is 2.31. The van der Waals surface area contributed by atoms with Crippen LogP contribution < -0.4 is 10.1 Å². The molecule has 0 atom stereocenters. The quantitative estimate of drug-likeness (QED) is 0.742. The Labute approximate surface area is 145 Å². The van der Waals surface area contributed by atoms with Crippen molar-refractivity contribution in [2.24, 2.45) is 0 Å². The standard InChI is InChI=1S/C19H17N3O3/c1-24-15-8-7-14-10-20-18-16(11-21-22(18)17(14)9-15)19(23)25-12-13-5-3-2-4-6-13/h2-9,11,20H,10,12H2,1H3. The molecule has 0 radical (unpaired) electrons. The van der Waals surface area contributed by atoms with E-state index in [-0.39, 0.29) is 6.61 Å². The summed E-state index contributed by atoms with van der Waals surface area (Å²) in [7, 11) is 1.62. The molecule has 0 unspecified atom stereocenters. The predicted molar refractivity (Wildman–Crippen MR) is 93.0 cm³/mol. The molecule has 126 valence electrons. The Morgan fingerprint density at radius 3 is 2.88 bits per heavy atom. The van der Waals surface area contributed by atoms with Gasteiger partial charge in [0.1, 0.15) is 23.7 Å². The first-order chi connectivity index (χ1) is 12.3.